The van der Waals surface area contributed by atoms with Gasteiger partial charge in [-0.1, -0.05) is 78.9 Å². The molecule has 0 radical (unpaired) electrons. The van der Waals surface area contributed by atoms with E-state index in [1.165, 1.54) is 0 Å². The van der Waals surface area contributed by atoms with Crippen LogP contribution in [0.25, 0.3) is 0 Å². The molecule has 3 aromatic carbocycles. The second-order valence-electron chi connectivity index (χ2n) is 7.00. The zero-order chi connectivity index (χ0) is 21.2. The zero-order valence-electron chi connectivity index (χ0n) is 16.7. The molecule has 3 rings (SSSR count). The number of hydrogen-bond acceptors (Lipinski definition) is 3. The van der Waals surface area contributed by atoms with Crippen molar-refractivity contribution in [1.29, 1.82) is 0 Å². The average molecular weight is 423 g/mol. The minimum absolute atomic E-state index is 0.0594. The normalized spacial score (nSPS) is 11.4. The second kappa shape index (κ2) is 10.7. The van der Waals surface area contributed by atoms with Gasteiger partial charge in [0.25, 0.3) is 5.91 Å². The minimum atomic E-state index is -3.48. The zero-order valence-corrected chi connectivity index (χ0v) is 17.5. The lowest BCUT2D eigenvalue weighted by molar-refractivity contribution is 0.0956. The van der Waals surface area contributed by atoms with Gasteiger partial charge in [-0.05, 0) is 29.7 Å². The molecule has 30 heavy (non-hydrogen) atoms. The van der Waals surface area contributed by atoms with E-state index >= 15 is 0 Å². The van der Waals surface area contributed by atoms with Crippen LogP contribution in [0.4, 0.5) is 0 Å². The van der Waals surface area contributed by atoms with E-state index in [2.05, 4.69) is 34.3 Å². The summed E-state index contributed by atoms with van der Waals surface area (Å²) in [4.78, 5) is 12.0. The number of nitrogens with one attached hydrogen (secondary N) is 2. The first-order valence-corrected chi connectivity index (χ1v) is 11.6. The minimum Gasteiger partial charge on any atom is -0.351 e. The van der Waals surface area contributed by atoms with Gasteiger partial charge in [0.15, 0.2) is 0 Å². The van der Waals surface area contributed by atoms with Crippen molar-refractivity contribution in [3.63, 3.8) is 0 Å². The molecule has 5 nitrogen and oxygen atoms in total. The number of sulfonamides is 1. The molecule has 0 bridgehead atoms. The smallest absolute Gasteiger partial charge is 0.251 e. The molecule has 0 aliphatic rings. The number of hydrogen-bond donors (Lipinski definition) is 2. The molecule has 0 aliphatic heterocycles. The van der Waals surface area contributed by atoms with Gasteiger partial charge in [0, 0.05) is 24.6 Å². The molecular formula is C24H26N2O3S. The summed E-state index contributed by atoms with van der Waals surface area (Å²) in [6, 6.07) is 28.9. The van der Waals surface area contributed by atoms with E-state index < -0.39 is 10.0 Å². The molecule has 3 aromatic rings. The lowest BCUT2D eigenvalue weighted by atomic mass is 9.89. The second-order valence-corrected chi connectivity index (χ2v) is 8.92. The molecule has 0 spiro atoms. The first-order valence-electron chi connectivity index (χ1n) is 9.96. The Kier molecular flexibility index (Phi) is 7.76. The maximum absolute atomic E-state index is 12.3. The van der Waals surface area contributed by atoms with Gasteiger partial charge in [0.2, 0.25) is 10.0 Å². The van der Waals surface area contributed by atoms with E-state index in [9.17, 15) is 13.2 Å². The van der Waals surface area contributed by atoms with Crippen LogP contribution in [0.15, 0.2) is 91.0 Å². The summed E-state index contributed by atoms with van der Waals surface area (Å²) in [6.07, 6.45) is 0.642. The molecule has 0 aliphatic carbocycles. The van der Waals surface area contributed by atoms with Gasteiger partial charge in [0.1, 0.15) is 0 Å². The van der Waals surface area contributed by atoms with Gasteiger partial charge in [-0.25, -0.2) is 13.1 Å². The van der Waals surface area contributed by atoms with Crippen molar-refractivity contribution in [1.82, 2.24) is 10.0 Å². The van der Waals surface area contributed by atoms with Gasteiger partial charge in [-0.2, -0.15) is 0 Å². The van der Waals surface area contributed by atoms with E-state index in [0.29, 0.717) is 18.5 Å². The molecule has 0 fully saturated rings. The van der Waals surface area contributed by atoms with Crippen molar-refractivity contribution in [3.8, 4) is 0 Å². The Morgan fingerprint density at radius 3 is 1.77 bits per heavy atom. The van der Waals surface area contributed by atoms with Crippen LogP contribution in [0.2, 0.25) is 0 Å². The standard InChI is InChI=1S/C24H26N2O3S/c27-24(22-14-8-3-9-15-22)25-18-19-30(28,29)26-17-16-23(20-10-4-1-5-11-20)21-12-6-2-7-13-21/h1-15,23,26H,16-19H2,(H,25,27). The Bertz CT molecular complexity index is 984. The summed E-state index contributed by atoms with van der Waals surface area (Å²) < 4.78 is 27.3. The average Bonchev–Trinajstić information content (AvgIpc) is 2.78. The maximum atomic E-state index is 12.3. The Morgan fingerprint density at radius 1 is 0.733 bits per heavy atom. The molecule has 0 unspecified atom stereocenters. The topological polar surface area (TPSA) is 75.3 Å². The molecule has 156 valence electrons. The van der Waals surface area contributed by atoms with Crippen molar-refractivity contribution in [2.24, 2.45) is 0 Å². The lowest BCUT2D eigenvalue weighted by Gasteiger charge is -2.18. The van der Waals surface area contributed by atoms with Gasteiger partial charge in [0.05, 0.1) is 5.75 Å². The van der Waals surface area contributed by atoms with E-state index in [1.807, 2.05) is 42.5 Å². The van der Waals surface area contributed by atoms with Crippen LogP contribution in [-0.2, 0) is 10.0 Å². The van der Waals surface area contributed by atoms with Gasteiger partial charge < -0.3 is 5.32 Å². The van der Waals surface area contributed by atoms with Crippen LogP contribution in [-0.4, -0.2) is 33.2 Å². The summed E-state index contributed by atoms with van der Waals surface area (Å²) in [5.74, 6) is -0.334. The van der Waals surface area contributed by atoms with Crippen LogP contribution in [0.5, 0.6) is 0 Å². The van der Waals surface area contributed by atoms with Crippen molar-refractivity contribution in [2.75, 3.05) is 18.8 Å². The quantitative estimate of drug-likeness (QED) is 0.525. The fourth-order valence-corrected chi connectivity index (χ4v) is 4.26. The molecule has 1 amide bonds. The Hall–Kier alpha value is -2.96. The third-order valence-electron chi connectivity index (χ3n) is 4.85. The van der Waals surface area contributed by atoms with Crippen LogP contribution < -0.4 is 10.0 Å². The third-order valence-corrected chi connectivity index (χ3v) is 6.24. The van der Waals surface area contributed by atoms with Gasteiger partial charge >= 0.3 is 0 Å². The van der Waals surface area contributed by atoms with E-state index in [-0.39, 0.29) is 24.1 Å². The number of carbonyl (C=O) groups excluding carboxylic acids is 1. The highest BCUT2D eigenvalue weighted by Crippen LogP contribution is 2.27. The Labute approximate surface area is 178 Å². The molecule has 2 N–H and O–H groups in total. The van der Waals surface area contributed by atoms with Crippen LogP contribution in [0.3, 0.4) is 0 Å². The van der Waals surface area contributed by atoms with Crippen LogP contribution in [0.1, 0.15) is 33.8 Å². The van der Waals surface area contributed by atoms with Crippen molar-refractivity contribution >= 4 is 15.9 Å². The fraction of sp³-hybridized carbons (Fsp3) is 0.208. The van der Waals surface area contributed by atoms with Crippen LogP contribution in [0, 0.1) is 0 Å². The van der Waals surface area contributed by atoms with E-state index in [4.69, 9.17) is 0 Å². The molecular weight excluding hydrogens is 396 g/mol. The van der Waals surface area contributed by atoms with Crippen LogP contribution >= 0.6 is 0 Å². The molecule has 0 heterocycles. The number of amides is 1. The predicted octanol–water partition coefficient (Wildman–Crippen LogP) is 3.56. The Morgan fingerprint density at radius 2 is 1.23 bits per heavy atom. The fourth-order valence-electron chi connectivity index (χ4n) is 3.32. The summed E-state index contributed by atoms with van der Waals surface area (Å²) in [5, 5.41) is 2.65. The van der Waals surface area contributed by atoms with Gasteiger partial charge in [-0.3, -0.25) is 4.79 Å². The molecule has 0 aromatic heterocycles. The summed E-state index contributed by atoms with van der Waals surface area (Å²) in [6.45, 7) is 0.382. The molecule has 6 heteroatoms. The monoisotopic (exact) mass is 422 g/mol. The van der Waals surface area contributed by atoms with Crippen molar-refractivity contribution in [3.05, 3.63) is 108 Å². The highest BCUT2D eigenvalue weighted by molar-refractivity contribution is 7.89. The lowest BCUT2D eigenvalue weighted by Crippen LogP contribution is -2.35. The number of carbonyl (C=O) groups is 1. The third kappa shape index (κ3) is 6.54. The number of benzene rings is 3. The van der Waals surface area contributed by atoms with Gasteiger partial charge in [-0.15, -0.1) is 0 Å². The summed E-state index contributed by atoms with van der Waals surface area (Å²) >= 11 is 0. The summed E-state index contributed by atoms with van der Waals surface area (Å²) in [7, 11) is -3.48. The molecule has 0 atom stereocenters. The number of rotatable bonds is 10. The van der Waals surface area contributed by atoms with E-state index in [0.717, 1.165) is 11.1 Å². The predicted molar refractivity (Wildman–Crippen MR) is 120 cm³/mol. The highest BCUT2D eigenvalue weighted by atomic mass is 32.2. The molecule has 0 saturated carbocycles. The maximum Gasteiger partial charge on any atom is 0.251 e. The first kappa shape index (κ1) is 21.7. The first-order chi connectivity index (χ1) is 14.6. The van der Waals surface area contributed by atoms with Crippen molar-refractivity contribution in [2.45, 2.75) is 12.3 Å². The SMILES string of the molecule is O=C(NCCS(=O)(=O)NCCC(c1ccccc1)c1ccccc1)c1ccccc1. The summed E-state index contributed by atoms with van der Waals surface area (Å²) in [5.41, 5.74) is 2.81. The van der Waals surface area contributed by atoms with E-state index in [1.54, 1.807) is 24.3 Å². The highest BCUT2D eigenvalue weighted by Gasteiger charge is 2.16. The van der Waals surface area contributed by atoms with Crippen molar-refractivity contribution < 1.29 is 13.2 Å². The Balaban J connectivity index is 1.52. The largest absolute Gasteiger partial charge is 0.351 e. The molecule has 0 saturated heterocycles.